The smallest absolute Gasteiger partial charge is 0.00488 e. The molecular formula is C13H27N. The van der Waals surface area contributed by atoms with E-state index in [0.29, 0.717) is 0 Å². The molecule has 1 heteroatoms. The number of rotatable bonds is 8. The first-order valence-electron chi connectivity index (χ1n) is 6.49. The molecule has 0 aromatic carbocycles. The van der Waals surface area contributed by atoms with E-state index in [1.54, 1.807) is 0 Å². The van der Waals surface area contributed by atoms with Crippen LogP contribution in [0.25, 0.3) is 0 Å². The fourth-order valence-corrected chi connectivity index (χ4v) is 2.06. The van der Waals surface area contributed by atoms with E-state index in [0.717, 1.165) is 11.8 Å². The van der Waals surface area contributed by atoms with Gasteiger partial charge in [0, 0.05) is 0 Å². The van der Waals surface area contributed by atoms with Crippen LogP contribution in [-0.4, -0.2) is 13.1 Å². The molecule has 1 aliphatic carbocycles. The van der Waals surface area contributed by atoms with E-state index in [9.17, 15) is 0 Å². The molecule has 1 aliphatic rings. The van der Waals surface area contributed by atoms with Gasteiger partial charge in [0.25, 0.3) is 0 Å². The molecule has 0 spiro atoms. The van der Waals surface area contributed by atoms with Crippen LogP contribution in [0.15, 0.2) is 0 Å². The fourth-order valence-electron chi connectivity index (χ4n) is 2.06. The largest absolute Gasteiger partial charge is 0.317 e. The lowest BCUT2D eigenvalue weighted by molar-refractivity contribution is 0.288. The van der Waals surface area contributed by atoms with Gasteiger partial charge >= 0.3 is 0 Å². The molecule has 0 aromatic rings. The molecule has 0 heterocycles. The van der Waals surface area contributed by atoms with Gasteiger partial charge in [0.05, 0.1) is 0 Å². The topological polar surface area (TPSA) is 12.0 Å². The highest BCUT2D eigenvalue weighted by Gasteiger charge is 2.15. The third kappa shape index (κ3) is 5.64. The van der Waals surface area contributed by atoms with Crippen molar-refractivity contribution < 1.29 is 0 Å². The summed E-state index contributed by atoms with van der Waals surface area (Å²) in [7, 11) is 0. The van der Waals surface area contributed by atoms with Crippen LogP contribution in [0.1, 0.15) is 58.8 Å². The summed E-state index contributed by atoms with van der Waals surface area (Å²) in [5, 5.41) is 3.54. The SMILES string of the molecule is CC(C)CCCNCCCC1CCC1. The molecule has 0 aliphatic heterocycles. The average molecular weight is 197 g/mol. The maximum absolute atomic E-state index is 3.54. The minimum absolute atomic E-state index is 0.867. The van der Waals surface area contributed by atoms with Crippen molar-refractivity contribution in [2.75, 3.05) is 13.1 Å². The normalized spacial score (nSPS) is 17.4. The molecule has 84 valence electrons. The van der Waals surface area contributed by atoms with Crippen LogP contribution >= 0.6 is 0 Å². The van der Waals surface area contributed by atoms with Gasteiger partial charge in [-0.3, -0.25) is 0 Å². The van der Waals surface area contributed by atoms with Gasteiger partial charge in [0.2, 0.25) is 0 Å². The highest BCUT2D eigenvalue weighted by atomic mass is 14.8. The van der Waals surface area contributed by atoms with Crippen molar-refractivity contribution in [1.29, 1.82) is 0 Å². The molecule has 0 saturated heterocycles. The molecule has 0 atom stereocenters. The first kappa shape index (κ1) is 12.0. The van der Waals surface area contributed by atoms with Gasteiger partial charge < -0.3 is 5.32 Å². The van der Waals surface area contributed by atoms with Crippen molar-refractivity contribution in [3.8, 4) is 0 Å². The van der Waals surface area contributed by atoms with Gasteiger partial charge in [0.15, 0.2) is 0 Å². The van der Waals surface area contributed by atoms with Crippen LogP contribution in [0.2, 0.25) is 0 Å². The summed E-state index contributed by atoms with van der Waals surface area (Å²) in [6.07, 6.45) is 10.1. The summed E-state index contributed by atoms with van der Waals surface area (Å²) in [6.45, 7) is 7.07. The molecule has 0 aromatic heterocycles. The molecule has 0 radical (unpaired) electrons. The lowest BCUT2D eigenvalue weighted by Crippen LogP contribution is -2.19. The van der Waals surface area contributed by atoms with Gasteiger partial charge in [0.1, 0.15) is 0 Å². The Morgan fingerprint density at radius 3 is 2.43 bits per heavy atom. The van der Waals surface area contributed by atoms with Gasteiger partial charge in [-0.05, 0) is 50.6 Å². The molecule has 14 heavy (non-hydrogen) atoms. The third-order valence-electron chi connectivity index (χ3n) is 3.33. The predicted octanol–water partition coefficient (Wildman–Crippen LogP) is 3.59. The van der Waals surface area contributed by atoms with Gasteiger partial charge in [-0.15, -0.1) is 0 Å². The second kappa shape index (κ2) is 7.28. The number of hydrogen-bond acceptors (Lipinski definition) is 1. The minimum Gasteiger partial charge on any atom is -0.317 e. The molecule has 1 rings (SSSR count). The van der Waals surface area contributed by atoms with Gasteiger partial charge in [-0.2, -0.15) is 0 Å². The first-order valence-corrected chi connectivity index (χ1v) is 6.49. The van der Waals surface area contributed by atoms with Crippen LogP contribution in [0.4, 0.5) is 0 Å². The van der Waals surface area contributed by atoms with Crippen LogP contribution in [0, 0.1) is 11.8 Å². The van der Waals surface area contributed by atoms with Crippen molar-refractivity contribution in [3.63, 3.8) is 0 Å². The molecular weight excluding hydrogens is 170 g/mol. The Balaban J connectivity index is 1.71. The Morgan fingerprint density at radius 2 is 1.86 bits per heavy atom. The quantitative estimate of drug-likeness (QED) is 0.586. The summed E-state index contributed by atoms with van der Waals surface area (Å²) < 4.78 is 0. The molecule has 1 nitrogen and oxygen atoms in total. The molecule has 0 unspecified atom stereocenters. The predicted molar refractivity (Wildman–Crippen MR) is 63.5 cm³/mol. The highest BCUT2D eigenvalue weighted by molar-refractivity contribution is 4.69. The van der Waals surface area contributed by atoms with Gasteiger partial charge in [-0.1, -0.05) is 33.1 Å². The number of hydrogen-bond donors (Lipinski definition) is 1. The summed E-state index contributed by atoms with van der Waals surface area (Å²) in [6, 6.07) is 0. The maximum Gasteiger partial charge on any atom is -0.00488 e. The van der Waals surface area contributed by atoms with Crippen molar-refractivity contribution in [3.05, 3.63) is 0 Å². The molecule has 1 saturated carbocycles. The maximum atomic E-state index is 3.54. The second-order valence-corrected chi connectivity index (χ2v) is 5.23. The average Bonchev–Trinajstić information content (AvgIpc) is 2.06. The van der Waals surface area contributed by atoms with Crippen LogP contribution in [-0.2, 0) is 0 Å². The Bertz CT molecular complexity index is 127. The first-order chi connectivity index (χ1) is 6.79. The lowest BCUT2D eigenvalue weighted by atomic mass is 9.82. The van der Waals surface area contributed by atoms with Crippen molar-refractivity contribution in [1.82, 2.24) is 5.32 Å². The van der Waals surface area contributed by atoms with E-state index in [2.05, 4.69) is 19.2 Å². The van der Waals surface area contributed by atoms with Crippen LogP contribution in [0.3, 0.4) is 0 Å². The monoisotopic (exact) mass is 197 g/mol. The van der Waals surface area contributed by atoms with E-state index in [1.807, 2.05) is 0 Å². The number of nitrogens with one attached hydrogen (secondary N) is 1. The second-order valence-electron chi connectivity index (χ2n) is 5.23. The lowest BCUT2D eigenvalue weighted by Gasteiger charge is -2.25. The summed E-state index contributed by atoms with van der Waals surface area (Å²) in [5.74, 6) is 1.96. The summed E-state index contributed by atoms with van der Waals surface area (Å²) >= 11 is 0. The molecule has 1 fully saturated rings. The Hall–Kier alpha value is -0.0400. The Morgan fingerprint density at radius 1 is 1.14 bits per heavy atom. The van der Waals surface area contributed by atoms with Gasteiger partial charge in [-0.25, -0.2) is 0 Å². The minimum atomic E-state index is 0.867. The van der Waals surface area contributed by atoms with E-state index in [1.165, 1.54) is 58.0 Å². The van der Waals surface area contributed by atoms with Crippen molar-refractivity contribution in [2.24, 2.45) is 11.8 Å². The fraction of sp³-hybridized carbons (Fsp3) is 1.00. The van der Waals surface area contributed by atoms with E-state index < -0.39 is 0 Å². The van der Waals surface area contributed by atoms with E-state index in [4.69, 9.17) is 0 Å². The van der Waals surface area contributed by atoms with Crippen LogP contribution in [0.5, 0.6) is 0 Å². The molecule has 0 amide bonds. The van der Waals surface area contributed by atoms with Crippen LogP contribution < -0.4 is 5.32 Å². The molecule has 0 bridgehead atoms. The van der Waals surface area contributed by atoms with Crippen molar-refractivity contribution >= 4 is 0 Å². The Kier molecular flexibility index (Phi) is 6.25. The standard InChI is InChI=1S/C13H27N/c1-12(2)6-4-10-14-11-5-9-13-7-3-8-13/h12-14H,3-11H2,1-2H3. The zero-order valence-corrected chi connectivity index (χ0v) is 10.0. The van der Waals surface area contributed by atoms with E-state index >= 15 is 0 Å². The summed E-state index contributed by atoms with van der Waals surface area (Å²) in [5.41, 5.74) is 0. The Labute approximate surface area is 89.7 Å². The van der Waals surface area contributed by atoms with Crippen molar-refractivity contribution in [2.45, 2.75) is 58.8 Å². The summed E-state index contributed by atoms with van der Waals surface area (Å²) in [4.78, 5) is 0. The zero-order valence-electron chi connectivity index (χ0n) is 10.0. The highest BCUT2D eigenvalue weighted by Crippen LogP contribution is 2.29. The zero-order chi connectivity index (χ0) is 10.2. The van der Waals surface area contributed by atoms with E-state index in [-0.39, 0.29) is 0 Å². The molecule has 1 N–H and O–H groups in total. The third-order valence-corrected chi connectivity index (χ3v) is 3.33.